The number of benzene rings is 1. The minimum atomic E-state index is -0.331. The number of anilines is 2. The molecule has 1 aromatic carbocycles. The Hall–Kier alpha value is -1.50. The Morgan fingerprint density at radius 2 is 2.14 bits per heavy atom. The van der Waals surface area contributed by atoms with Crippen LogP contribution in [0, 0.1) is 0 Å². The largest absolute Gasteiger partial charge is 0.462 e. The second-order valence-corrected chi connectivity index (χ2v) is 6.00. The molecule has 1 aliphatic heterocycles. The summed E-state index contributed by atoms with van der Waals surface area (Å²) >= 11 is 1.41. The van der Waals surface area contributed by atoms with Crippen LogP contribution < -0.4 is 16.0 Å². The maximum Gasteiger partial charge on any atom is 0.350 e. The van der Waals surface area contributed by atoms with E-state index in [0.717, 1.165) is 42.0 Å². The van der Waals surface area contributed by atoms with E-state index in [1.54, 1.807) is 6.92 Å². The molecule has 1 fully saturated rings. The Bertz CT molecular complexity index is 668. The van der Waals surface area contributed by atoms with Crippen molar-refractivity contribution in [3.63, 3.8) is 0 Å². The fourth-order valence-corrected chi connectivity index (χ4v) is 3.71. The number of hydrogen-bond acceptors (Lipinski definition) is 6. The Morgan fingerprint density at radius 3 is 2.82 bits per heavy atom. The third-order valence-corrected chi connectivity index (χ3v) is 4.80. The molecule has 1 saturated heterocycles. The van der Waals surface area contributed by atoms with Crippen LogP contribution in [0.2, 0.25) is 0 Å². The molecule has 0 atom stereocenters. The normalized spacial score (nSPS) is 14.7. The zero-order valence-electron chi connectivity index (χ0n) is 12.4. The van der Waals surface area contributed by atoms with Gasteiger partial charge in [-0.05, 0) is 19.1 Å². The van der Waals surface area contributed by atoms with E-state index in [2.05, 4.69) is 16.3 Å². The second-order valence-electron chi connectivity index (χ2n) is 4.95. The van der Waals surface area contributed by atoms with Gasteiger partial charge >= 0.3 is 5.97 Å². The lowest BCUT2D eigenvalue weighted by Crippen LogP contribution is -2.43. The van der Waals surface area contributed by atoms with E-state index in [4.69, 9.17) is 10.5 Å². The highest BCUT2D eigenvalue weighted by molar-refractivity contribution is 7.21. The maximum atomic E-state index is 12.0. The Balaban J connectivity index is 0.00000176. The first-order valence-electron chi connectivity index (χ1n) is 7.16. The van der Waals surface area contributed by atoms with E-state index in [1.807, 2.05) is 12.1 Å². The molecule has 2 aromatic rings. The Morgan fingerprint density at radius 1 is 1.41 bits per heavy atom. The fraction of sp³-hybridized carbons (Fsp3) is 0.400. The summed E-state index contributed by atoms with van der Waals surface area (Å²) in [5.41, 5.74) is 7.90. The molecule has 0 unspecified atom stereocenters. The summed E-state index contributed by atoms with van der Waals surface area (Å²) in [6, 6.07) is 6.10. The number of nitrogens with two attached hydrogens (primary N) is 1. The average molecular weight is 342 g/mol. The predicted molar refractivity (Wildman–Crippen MR) is 94.5 cm³/mol. The van der Waals surface area contributed by atoms with Crippen molar-refractivity contribution in [3.8, 4) is 0 Å². The summed E-state index contributed by atoms with van der Waals surface area (Å²) < 4.78 is 6.13. The van der Waals surface area contributed by atoms with Gasteiger partial charge in [0.05, 0.1) is 12.3 Å². The molecule has 0 spiro atoms. The van der Waals surface area contributed by atoms with E-state index in [0.29, 0.717) is 17.2 Å². The lowest BCUT2D eigenvalue weighted by molar-refractivity contribution is 0.0533. The lowest BCUT2D eigenvalue weighted by atomic mass is 10.1. The van der Waals surface area contributed by atoms with Crippen LogP contribution >= 0.6 is 23.7 Å². The first kappa shape index (κ1) is 16.9. The molecule has 1 aliphatic rings. The number of halogens is 1. The number of esters is 1. The Labute approximate surface area is 139 Å². The van der Waals surface area contributed by atoms with Crippen molar-refractivity contribution < 1.29 is 9.53 Å². The molecular weight excluding hydrogens is 322 g/mol. The quantitative estimate of drug-likeness (QED) is 0.839. The number of hydrogen-bond donors (Lipinski definition) is 2. The highest BCUT2D eigenvalue weighted by Gasteiger charge is 2.22. The van der Waals surface area contributed by atoms with Crippen LogP contribution in [0.25, 0.3) is 10.1 Å². The molecular formula is C15H20ClN3O2S. The van der Waals surface area contributed by atoms with E-state index in [9.17, 15) is 4.79 Å². The van der Waals surface area contributed by atoms with Gasteiger partial charge in [-0.1, -0.05) is 6.07 Å². The molecule has 1 aromatic heterocycles. The van der Waals surface area contributed by atoms with Gasteiger partial charge in [-0.25, -0.2) is 4.79 Å². The standard InChI is InChI=1S/C15H19N3O2S.ClH/c1-2-20-15(19)14-13(16)12-10(4-3-5-11(12)21-14)18-8-6-17-7-9-18;/h3-5,17H,2,6-9,16H2,1H3;1H. The molecule has 3 N–H and O–H groups in total. The molecule has 0 bridgehead atoms. The maximum absolute atomic E-state index is 12.0. The number of ether oxygens (including phenoxy) is 1. The molecule has 2 heterocycles. The number of nitrogens with one attached hydrogen (secondary N) is 1. The van der Waals surface area contributed by atoms with Gasteiger partial charge in [0.25, 0.3) is 0 Å². The van der Waals surface area contributed by atoms with Crippen LogP contribution in [0.3, 0.4) is 0 Å². The Kier molecular flexibility index (Phi) is 5.50. The van der Waals surface area contributed by atoms with Crippen LogP contribution in [0.1, 0.15) is 16.6 Å². The van der Waals surface area contributed by atoms with Gasteiger partial charge in [-0.3, -0.25) is 0 Å². The molecule has 120 valence electrons. The average Bonchev–Trinajstić information content (AvgIpc) is 2.86. The lowest BCUT2D eigenvalue weighted by Gasteiger charge is -2.30. The van der Waals surface area contributed by atoms with E-state index in [1.165, 1.54) is 11.3 Å². The fourth-order valence-electron chi connectivity index (χ4n) is 2.67. The van der Waals surface area contributed by atoms with E-state index >= 15 is 0 Å². The molecule has 0 radical (unpaired) electrons. The number of fused-ring (bicyclic) bond motifs is 1. The van der Waals surface area contributed by atoms with Crippen molar-refractivity contribution in [1.29, 1.82) is 0 Å². The third-order valence-electron chi connectivity index (χ3n) is 3.65. The van der Waals surface area contributed by atoms with Crippen molar-refractivity contribution in [2.45, 2.75) is 6.92 Å². The van der Waals surface area contributed by atoms with Gasteiger partial charge in [-0.2, -0.15) is 0 Å². The van der Waals surface area contributed by atoms with Gasteiger partial charge in [0, 0.05) is 42.0 Å². The second kappa shape index (κ2) is 7.17. The summed E-state index contributed by atoms with van der Waals surface area (Å²) in [5.74, 6) is -0.331. The van der Waals surface area contributed by atoms with Crippen molar-refractivity contribution in [2.75, 3.05) is 43.4 Å². The summed E-state index contributed by atoms with van der Waals surface area (Å²) in [4.78, 5) is 14.8. The van der Waals surface area contributed by atoms with Crippen molar-refractivity contribution in [3.05, 3.63) is 23.1 Å². The van der Waals surface area contributed by atoms with E-state index < -0.39 is 0 Å². The number of thiophene rings is 1. The van der Waals surface area contributed by atoms with Crippen molar-refractivity contribution in [2.24, 2.45) is 0 Å². The monoisotopic (exact) mass is 341 g/mol. The molecule has 7 heteroatoms. The van der Waals surface area contributed by atoms with Gasteiger partial charge in [-0.15, -0.1) is 23.7 Å². The first-order chi connectivity index (χ1) is 10.2. The molecule has 0 aliphatic carbocycles. The van der Waals surface area contributed by atoms with Gasteiger partial charge < -0.3 is 20.7 Å². The van der Waals surface area contributed by atoms with Crippen molar-refractivity contribution in [1.82, 2.24) is 5.32 Å². The van der Waals surface area contributed by atoms with Crippen LogP contribution in [-0.2, 0) is 4.74 Å². The minimum absolute atomic E-state index is 0. The zero-order chi connectivity index (χ0) is 14.8. The van der Waals surface area contributed by atoms with Gasteiger partial charge in [0.15, 0.2) is 0 Å². The first-order valence-corrected chi connectivity index (χ1v) is 7.97. The summed E-state index contributed by atoms with van der Waals surface area (Å²) in [6.07, 6.45) is 0. The SMILES string of the molecule is CCOC(=O)c1sc2cccc(N3CCNCC3)c2c1N.Cl. The van der Waals surface area contributed by atoms with Crippen molar-refractivity contribution >= 4 is 51.2 Å². The number of carbonyl (C=O) groups is 1. The smallest absolute Gasteiger partial charge is 0.350 e. The van der Waals surface area contributed by atoms with Crippen LogP contribution in [0.4, 0.5) is 11.4 Å². The minimum Gasteiger partial charge on any atom is -0.462 e. The van der Waals surface area contributed by atoms with E-state index in [-0.39, 0.29) is 18.4 Å². The zero-order valence-corrected chi connectivity index (χ0v) is 14.1. The predicted octanol–water partition coefficient (Wildman–Crippen LogP) is 2.49. The number of nitrogen functional groups attached to an aromatic ring is 1. The van der Waals surface area contributed by atoms with Crippen LogP contribution in [0.5, 0.6) is 0 Å². The summed E-state index contributed by atoms with van der Waals surface area (Å²) in [6.45, 7) is 5.98. The number of nitrogens with zero attached hydrogens (tertiary/aromatic N) is 1. The molecule has 0 amide bonds. The molecule has 22 heavy (non-hydrogen) atoms. The third kappa shape index (κ3) is 2.99. The summed E-state index contributed by atoms with van der Waals surface area (Å²) in [5, 5.41) is 4.32. The van der Waals surface area contributed by atoms with Gasteiger partial charge in [0.2, 0.25) is 0 Å². The molecule has 3 rings (SSSR count). The number of rotatable bonds is 3. The van der Waals surface area contributed by atoms with Gasteiger partial charge in [0.1, 0.15) is 4.88 Å². The highest BCUT2D eigenvalue weighted by Crippen LogP contribution is 2.40. The number of carbonyl (C=O) groups excluding carboxylic acids is 1. The van der Waals surface area contributed by atoms with Crippen LogP contribution in [0.15, 0.2) is 18.2 Å². The number of piperazine rings is 1. The molecule has 5 nitrogen and oxygen atoms in total. The van der Waals surface area contributed by atoms with Crippen LogP contribution in [-0.4, -0.2) is 38.8 Å². The topological polar surface area (TPSA) is 67.6 Å². The highest BCUT2D eigenvalue weighted by atomic mass is 35.5. The molecule has 0 saturated carbocycles. The summed E-state index contributed by atoms with van der Waals surface area (Å²) in [7, 11) is 0.